The maximum absolute atomic E-state index is 9.46. The molecule has 0 bridgehead atoms. The number of para-hydroxylation sites is 1. The Balaban J connectivity index is 2.34. The Labute approximate surface area is 126 Å². The van der Waals surface area contributed by atoms with Gasteiger partial charge in [-0.3, -0.25) is 0 Å². The van der Waals surface area contributed by atoms with Gasteiger partial charge < -0.3 is 15.3 Å². The molecule has 0 radical (unpaired) electrons. The zero-order chi connectivity index (χ0) is 15.2. The van der Waals surface area contributed by atoms with Crippen molar-refractivity contribution in [2.75, 3.05) is 30.4 Å². The monoisotopic (exact) mass is 288 g/mol. The normalized spacial score (nSPS) is 12.4. The molecule has 0 saturated heterocycles. The predicted molar refractivity (Wildman–Crippen MR) is 87.9 cm³/mol. The second kappa shape index (κ2) is 7.22. The van der Waals surface area contributed by atoms with Gasteiger partial charge in [0.05, 0.1) is 11.6 Å². The highest BCUT2D eigenvalue weighted by Crippen LogP contribution is 2.24. The van der Waals surface area contributed by atoms with Crippen LogP contribution in [0, 0.1) is 0 Å². The van der Waals surface area contributed by atoms with Gasteiger partial charge in [0.15, 0.2) is 0 Å². The Morgan fingerprint density at radius 3 is 2.76 bits per heavy atom. The fourth-order valence-electron chi connectivity index (χ4n) is 2.15. The summed E-state index contributed by atoms with van der Waals surface area (Å²) in [7, 11) is 2.00. The second-order valence-electron chi connectivity index (χ2n) is 5.37. The van der Waals surface area contributed by atoms with Crippen molar-refractivity contribution >= 4 is 22.7 Å². The molecule has 0 aliphatic heterocycles. The van der Waals surface area contributed by atoms with Gasteiger partial charge in [0.2, 0.25) is 5.95 Å². The van der Waals surface area contributed by atoms with Gasteiger partial charge in [-0.2, -0.15) is 4.98 Å². The lowest BCUT2D eigenvalue weighted by Crippen LogP contribution is -2.23. The predicted octanol–water partition coefficient (Wildman–Crippen LogP) is 2.66. The van der Waals surface area contributed by atoms with Gasteiger partial charge in [-0.25, -0.2) is 4.98 Å². The molecule has 0 amide bonds. The smallest absolute Gasteiger partial charge is 0.225 e. The molecule has 2 aromatic rings. The number of hydrogen-bond acceptors (Lipinski definition) is 5. The lowest BCUT2D eigenvalue weighted by molar-refractivity contribution is 0.187. The summed E-state index contributed by atoms with van der Waals surface area (Å²) in [6.07, 6.45) is 1.44. The van der Waals surface area contributed by atoms with Gasteiger partial charge in [-0.05, 0) is 31.9 Å². The molecule has 1 aromatic carbocycles. The van der Waals surface area contributed by atoms with Gasteiger partial charge in [0, 0.05) is 25.5 Å². The molecular formula is C16H24N4O. The van der Waals surface area contributed by atoms with Crippen molar-refractivity contribution in [1.82, 2.24) is 9.97 Å². The van der Waals surface area contributed by atoms with Gasteiger partial charge in [-0.15, -0.1) is 0 Å². The number of aromatic nitrogens is 2. The van der Waals surface area contributed by atoms with Crippen LogP contribution in [0.25, 0.3) is 10.9 Å². The number of hydrogen-bond donors (Lipinski definition) is 2. The number of aliphatic hydroxyl groups is 1. The summed E-state index contributed by atoms with van der Waals surface area (Å²) < 4.78 is 0. The van der Waals surface area contributed by atoms with Gasteiger partial charge >= 0.3 is 0 Å². The quantitative estimate of drug-likeness (QED) is 0.820. The molecule has 0 aliphatic rings. The van der Waals surface area contributed by atoms with Crippen molar-refractivity contribution in [2.45, 2.75) is 32.8 Å². The van der Waals surface area contributed by atoms with Gasteiger partial charge in [0.25, 0.3) is 0 Å². The van der Waals surface area contributed by atoms with Crippen LogP contribution in [0.5, 0.6) is 0 Å². The summed E-state index contributed by atoms with van der Waals surface area (Å²) >= 11 is 0. The molecule has 0 spiro atoms. The van der Waals surface area contributed by atoms with Crippen molar-refractivity contribution in [3.63, 3.8) is 0 Å². The number of aliphatic hydroxyl groups excluding tert-OH is 1. The van der Waals surface area contributed by atoms with Crippen molar-refractivity contribution in [3.8, 4) is 0 Å². The Hall–Kier alpha value is -1.88. The van der Waals surface area contributed by atoms with E-state index in [1.165, 1.54) is 0 Å². The number of nitrogens with zero attached hydrogens (tertiary/aromatic N) is 3. The van der Waals surface area contributed by atoms with E-state index in [0.717, 1.165) is 36.2 Å². The van der Waals surface area contributed by atoms with E-state index in [9.17, 15) is 5.11 Å². The van der Waals surface area contributed by atoms with Crippen LogP contribution < -0.4 is 10.2 Å². The summed E-state index contributed by atoms with van der Waals surface area (Å²) in [6, 6.07) is 8.02. The van der Waals surface area contributed by atoms with Crippen LogP contribution in [0.1, 0.15) is 26.7 Å². The molecule has 1 heterocycles. The molecule has 1 atom stereocenters. The largest absolute Gasteiger partial charge is 0.393 e. The molecule has 5 nitrogen and oxygen atoms in total. The summed E-state index contributed by atoms with van der Waals surface area (Å²) in [6.45, 7) is 5.53. The number of fused-ring (bicyclic) bond motifs is 1. The lowest BCUT2D eigenvalue weighted by atomic mass is 10.2. The van der Waals surface area contributed by atoms with Crippen LogP contribution >= 0.6 is 0 Å². The Morgan fingerprint density at radius 2 is 2.05 bits per heavy atom. The zero-order valence-electron chi connectivity index (χ0n) is 13.0. The van der Waals surface area contributed by atoms with Crippen LogP contribution in [0.4, 0.5) is 11.8 Å². The summed E-state index contributed by atoms with van der Waals surface area (Å²) in [5.41, 5.74) is 0.935. The standard InChI is InChI=1S/C16H24N4O/c1-4-10-17-16-18-14-8-6-5-7-13(14)15(19-16)20(3)11-9-12(2)21/h5-8,12,21H,4,9-11H2,1-3H3,(H,17,18,19). The molecule has 21 heavy (non-hydrogen) atoms. The van der Waals surface area contributed by atoms with Gasteiger partial charge in [0.1, 0.15) is 5.82 Å². The van der Waals surface area contributed by atoms with Crippen LogP contribution in [-0.4, -0.2) is 41.3 Å². The zero-order valence-corrected chi connectivity index (χ0v) is 13.0. The number of nitrogens with one attached hydrogen (secondary N) is 1. The van der Waals surface area contributed by atoms with E-state index in [1.807, 2.05) is 31.3 Å². The van der Waals surface area contributed by atoms with Crippen molar-refractivity contribution in [3.05, 3.63) is 24.3 Å². The van der Waals surface area contributed by atoms with E-state index in [4.69, 9.17) is 0 Å². The first-order valence-electron chi connectivity index (χ1n) is 7.51. The van der Waals surface area contributed by atoms with Crippen molar-refractivity contribution in [2.24, 2.45) is 0 Å². The van der Waals surface area contributed by atoms with E-state index >= 15 is 0 Å². The maximum atomic E-state index is 9.46. The van der Waals surface area contributed by atoms with Crippen molar-refractivity contribution in [1.29, 1.82) is 0 Å². The van der Waals surface area contributed by atoms with Crippen LogP contribution in [0.3, 0.4) is 0 Å². The first kappa shape index (κ1) is 15.5. The van der Waals surface area contributed by atoms with Gasteiger partial charge in [-0.1, -0.05) is 19.1 Å². The molecule has 0 aliphatic carbocycles. The van der Waals surface area contributed by atoms with Crippen LogP contribution in [-0.2, 0) is 0 Å². The van der Waals surface area contributed by atoms with Crippen LogP contribution in [0.15, 0.2) is 24.3 Å². The Morgan fingerprint density at radius 1 is 1.29 bits per heavy atom. The minimum absolute atomic E-state index is 0.307. The average Bonchev–Trinajstić information content (AvgIpc) is 2.49. The highest BCUT2D eigenvalue weighted by atomic mass is 16.3. The average molecular weight is 288 g/mol. The molecular weight excluding hydrogens is 264 g/mol. The maximum Gasteiger partial charge on any atom is 0.225 e. The molecule has 5 heteroatoms. The second-order valence-corrected chi connectivity index (χ2v) is 5.37. The molecule has 1 unspecified atom stereocenters. The molecule has 0 fully saturated rings. The van der Waals surface area contributed by atoms with Crippen molar-refractivity contribution < 1.29 is 5.11 Å². The fraction of sp³-hybridized carbons (Fsp3) is 0.500. The topological polar surface area (TPSA) is 61.3 Å². The van der Waals surface area contributed by atoms with E-state index in [-0.39, 0.29) is 6.10 Å². The van der Waals surface area contributed by atoms with E-state index in [2.05, 4.69) is 27.1 Å². The molecule has 114 valence electrons. The third kappa shape index (κ3) is 4.04. The number of rotatable bonds is 7. The first-order chi connectivity index (χ1) is 10.1. The Bertz CT molecular complexity index is 585. The lowest BCUT2D eigenvalue weighted by Gasteiger charge is -2.21. The molecule has 2 N–H and O–H groups in total. The highest BCUT2D eigenvalue weighted by molar-refractivity contribution is 5.90. The third-order valence-electron chi connectivity index (χ3n) is 3.36. The van der Waals surface area contributed by atoms with E-state index in [1.54, 1.807) is 6.92 Å². The number of benzene rings is 1. The third-order valence-corrected chi connectivity index (χ3v) is 3.36. The van der Waals surface area contributed by atoms with E-state index in [0.29, 0.717) is 12.4 Å². The summed E-state index contributed by atoms with van der Waals surface area (Å²) in [4.78, 5) is 11.3. The SMILES string of the molecule is CCCNc1nc(N(C)CCC(C)O)c2ccccc2n1. The Kier molecular flexibility index (Phi) is 5.33. The minimum Gasteiger partial charge on any atom is -0.393 e. The molecule has 2 rings (SSSR count). The minimum atomic E-state index is -0.307. The summed E-state index contributed by atoms with van der Waals surface area (Å²) in [5.74, 6) is 1.56. The number of anilines is 2. The van der Waals surface area contributed by atoms with E-state index < -0.39 is 0 Å². The summed E-state index contributed by atoms with van der Waals surface area (Å²) in [5, 5.41) is 13.7. The molecule has 1 aromatic heterocycles. The fourth-order valence-corrected chi connectivity index (χ4v) is 2.15. The molecule has 0 saturated carbocycles. The first-order valence-corrected chi connectivity index (χ1v) is 7.51. The van der Waals surface area contributed by atoms with Crippen LogP contribution in [0.2, 0.25) is 0 Å². The highest BCUT2D eigenvalue weighted by Gasteiger charge is 2.11.